The monoisotopic (exact) mass is 352 g/mol. The van der Waals surface area contributed by atoms with Crippen molar-refractivity contribution in [1.82, 2.24) is 9.88 Å². The smallest absolute Gasteiger partial charge is 0.274 e. The number of hydrogen-bond acceptors (Lipinski definition) is 4. The first-order valence-electron chi connectivity index (χ1n) is 8.89. The summed E-state index contributed by atoms with van der Waals surface area (Å²) in [6, 6.07) is 11.5. The molecule has 3 rings (SSSR count). The molecule has 1 aliphatic heterocycles. The van der Waals surface area contributed by atoms with Gasteiger partial charge in [0.05, 0.1) is 0 Å². The van der Waals surface area contributed by atoms with Crippen LogP contribution in [-0.2, 0) is 4.79 Å². The molecule has 0 aliphatic carbocycles. The Kier molecular flexibility index (Phi) is 5.51. The topological polar surface area (TPSA) is 65.5 Å². The number of carbonyl (C=O) groups excluding carboxylic acids is 2. The van der Waals surface area contributed by atoms with Crippen LogP contribution in [-0.4, -0.2) is 48.4 Å². The van der Waals surface area contributed by atoms with E-state index in [2.05, 4.69) is 29.0 Å². The van der Waals surface area contributed by atoms with E-state index >= 15 is 0 Å². The lowest BCUT2D eigenvalue weighted by atomic mass is 10.0. The minimum atomic E-state index is -0.216. The fraction of sp³-hybridized carbons (Fsp3) is 0.350. The molecule has 0 radical (unpaired) electrons. The van der Waals surface area contributed by atoms with Gasteiger partial charge in [0.1, 0.15) is 5.69 Å². The molecule has 1 aliphatic rings. The number of nitrogens with one attached hydrogen (secondary N) is 1. The molecule has 26 heavy (non-hydrogen) atoms. The number of carbonyl (C=O) groups is 2. The van der Waals surface area contributed by atoms with E-state index in [1.807, 2.05) is 36.4 Å². The van der Waals surface area contributed by atoms with E-state index in [1.165, 1.54) is 0 Å². The van der Waals surface area contributed by atoms with Gasteiger partial charge in [-0.25, -0.2) is 0 Å². The number of hydrogen-bond donors (Lipinski definition) is 1. The standard InChI is InChI=1S/C20H24N4O2/c1-15(2)17-5-3-4-6-18(17)22-20(26)19-13-16(7-8-21-19)24-11-9-23(14-25)10-12-24/h3-8,13-15H,9-12H2,1-2H3,(H,22,26). The van der Waals surface area contributed by atoms with E-state index in [-0.39, 0.29) is 5.91 Å². The highest BCUT2D eigenvalue weighted by Crippen LogP contribution is 2.24. The van der Waals surface area contributed by atoms with Gasteiger partial charge in [0.15, 0.2) is 0 Å². The minimum absolute atomic E-state index is 0.216. The Balaban J connectivity index is 1.74. The van der Waals surface area contributed by atoms with Crippen molar-refractivity contribution in [1.29, 1.82) is 0 Å². The first-order valence-corrected chi connectivity index (χ1v) is 8.89. The summed E-state index contributed by atoms with van der Waals surface area (Å²) in [6.45, 7) is 7.08. The van der Waals surface area contributed by atoms with Crippen LogP contribution in [0.2, 0.25) is 0 Å². The van der Waals surface area contributed by atoms with Crippen LogP contribution in [0.4, 0.5) is 11.4 Å². The first-order chi connectivity index (χ1) is 12.6. The second kappa shape index (κ2) is 7.99. The molecule has 1 aromatic heterocycles. The highest BCUT2D eigenvalue weighted by Gasteiger charge is 2.18. The maximum absolute atomic E-state index is 12.7. The predicted octanol–water partition coefficient (Wildman–Crippen LogP) is 2.74. The summed E-state index contributed by atoms with van der Waals surface area (Å²) in [5.41, 5.74) is 3.26. The summed E-state index contributed by atoms with van der Waals surface area (Å²) in [6.07, 6.45) is 2.54. The van der Waals surface area contributed by atoms with Crippen molar-refractivity contribution in [2.75, 3.05) is 36.4 Å². The number of anilines is 2. The zero-order chi connectivity index (χ0) is 18.5. The molecule has 6 heteroatoms. The van der Waals surface area contributed by atoms with Crippen molar-refractivity contribution in [3.8, 4) is 0 Å². The quantitative estimate of drug-likeness (QED) is 0.841. The normalized spacial score (nSPS) is 14.4. The van der Waals surface area contributed by atoms with Gasteiger partial charge in [-0.15, -0.1) is 0 Å². The van der Waals surface area contributed by atoms with E-state index in [0.29, 0.717) is 24.7 Å². The second-order valence-electron chi connectivity index (χ2n) is 6.72. The average Bonchev–Trinajstić information content (AvgIpc) is 2.68. The highest BCUT2D eigenvalue weighted by molar-refractivity contribution is 6.03. The lowest BCUT2D eigenvalue weighted by Gasteiger charge is -2.34. The number of rotatable bonds is 5. The van der Waals surface area contributed by atoms with Crippen LogP contribution in [0.5, 0.6) is 0 Å². The zero-order valence-corrected chi connectivity index (χ0v) is 15.2. The maximum atomic E-state index is 12.7. The largest absolute Gasteiger partial charge is 0.368 e. The van der Waals surface area contributed by atoms with Gasteiger partial charge in [-0.3, -0.25) is 14.6 Å². The molecule has 1 aromatic carbocycles. The van der Waals surface area contributed by atoms with Gasteiger partial charge < -0.3 is 15.1 Å². The van der Waals surface area contributed by atoms with Gasteiger partial charge in [0.2, 0.25) is 6.41 Å². The third kappa shape index (κ3) is 4.02. The lowest BCUT2D eigenvalue weighted by molar-refractivity contribution is -0.118. The van der Waals surface area contributed by atoms with Crippen LogP contribution in [0.1, 0.15) is 35.8 Å². The van der Waals surface area contributed by atoms with Crippen LogP contribution >= 0.6 is 0 Å². The number of para-hydroxylation sites is 1. The van der Waals surface area contributed by atoms with Crippen molar-refractivity contribution in [2.24, 2.45) is 0 Å². The highest BCUT2D eigenvalue weighted by atomic mass is 16.2. The maximum Gasteiger partial charge on any atom is 0.274 e. The van der Waals surface area contributed by atoms with E-state index in [4.69, 9.17) is 0 Å². The summed E-state index contributed by atoms with van der Waals surface area (Å²) in [5, 5.41) is 2.98. The van der Waals surface area contributed by atoms with Crippen molar-refractivity contribution >= 4 is 23.7 Å². The van der Waals surface area contributed by atoms with Gasteiger partial charge >= 0.3 is 0 Å². The Morgan fingerprint density at radius 3 is 2.58 bits per heavy atom. The summed E-state index contributed by atoms with van der Waals surface area (Å²) >= 11 is 0. The molecule has 1 saturated heterocycles. The molecule has 1 N–H and O–H groups in total. The molecular formula is C20H24N4O2. The molecule has 6 nitrogen and oxygen atoms in total. The minimum Gasteiger partial charge on any atom is -0.368 e. The molecule has 0 unspecified atom stereocenters. The fourth-order valence-electron chi connectivity index (χ4n) is 3.13. The first kappa shape index (κ1) is 17.9. The third-order valence-corrected chi connectivity index (χ3v) is 4.64. The molecule has 136 valence electrons. The van der Waals surface area contributed by atoms with Crippen LogP contribution < -0.4 is 10.2 Å². The summed E-state index contributed by atoms with van der Waals surface area (Å²) < 4.78 is 0. The van der Waals surface area contributed by atoms with Crippen LogP contribution in [0, 0.1) is 0 Å². The molecular weight excluding hydrogens is 328 g/mol. The number of aromatic nitrogens is 1. The Bertz CT molecular complexity index is 783. The van der Waals surface area contributed by atoms with Gasteiger partial charge in [-0.1, -0.05) is 32.0 Å². The second-order valence-corrected chi connectivity index (χ2v) is 6.72. The van der Waals surface area contributed by atoms with Gasteiger partial charge in [-0.05, 0) is 29.7 Å². The summed E-state index contributed by atoms with van der Waals surface area (Å²) in [4.78, 5) is 31.7. The molecule has 0 spiro atoms. The van der Waals surface area contributed by atoms with Crippen LogP contribution in [0.3, 0.4) is 0 Å². The number of amides is 2. The molecule has 1 fully saturated rings. The summed E-state index contributed by atoms with van der Waals surface area (Å²) in [7, 11) is 0. The van der Waals surface area contributed by atoms with Gasteiger partial charge in [-0.2, -0.15) is 0 Å². The molecule has 2 aromatic rings. The number of pyridine rings is 1. The van der Waals surface area contributed by atoms with E-state index in [0.717, 1.165) is 36.4 Å². The van der Waals surface area contributed by atoms with E-state index < -0.39 is 0 Å². The van der Waals surface area contributed by atoms with Crippen LogP contribution in [0.25, 0.3) is 0 Å². The molecule has 0 atom stereocenters. The van der Waals surface area contributed by atoms with Crippen molar-refractivity contribution in [3.05, 3.63) is 53.9 Å². The Morgan fingerprint density at radius 2 is 1.88 bits per heavy atom. The summed E-state index contributed by atoms with van der Waals surface area (Å²) in [5.74, 6) is 0.103. The van der Waals surface area contributed by atoms with Gasteiger partial charge in [0.25, 0.3) is 5.91 Å². The zero-order valence-electron chi connectivity index (χ0n) is 15.2. The molecule has 0 bridgehead atoms. The van der Waals surface area contributed by atoms with E-state index in [1.54, 1.807) is 11.1 Å². The molecule has 0 saturated carbocycles. The fourth-order valence-corrected chi connectivity index (χ4v) is 3.13. The van der Waals surface area contributed by atoms with Crippen LogP contribution in [0.15, 0.2) is 42.6 Å². The van der Waals surface area contributed by atoms with Gasteiger partial charge in [0, 0.05) is 43.8 Å². The van der Waals surface area contributed by atoms with Crippen molar-refractivity contribution in [2.45, 2.75) is 19.8 Å². The predicted molar refractivity (Wildman–Crippen MR) is 103 cm³/mol. The SMILES string of the molecule is CC(C)c1ccccc1NC(=O)c1cc(N2CCN(C=O)CC2)ccn1. The van der Waals surface area contributed by atoms with Crippen molar-refractivity contribution < 1.29 is 9.59 Å². The number of piperazine rings is 1. The van der Waals surface area contributed by atoms with E-state index in [9.17, 15) is 9.59 Å². The molecule has 2 amide bonds. The number of nitrogens with zero attached hydrogens (tertiary/aromatic N) is 3. The average molecular weight is 352 g/mol. The molecule has 2 heterocycles. The third-order valence-electron chi connectivity index (χ3n) is 4.64. The number of benzene rings is 1. The lowest BCUT2D eigenvalue weighted by Crippen LogP contribution is -2.45. The Labute approximate surface area is 153 Å². The Morgan fingerprint density at radius 1 is 1.15 bits per heavy atom. The van der Waals surface area contributed by atoms with Crippen molar-refractivity contribution in [3.63, 3.8) is 0 Å². The Hall–Kier alpha value is -2.89.